The zero-order valence-corrected chi connectivity index (χ0v) is 17.6. The average molecular weight is 369 g/mol. The van der Waals surface area contributed by atoms with Gasteiger partial charge in [-0.15, -0.1) is 0 Å². The predicted octanol–water partition coefficient (Wildman–Crippen LogP) is 7.67. The van der Waals surface area contributed by atoms with Gasteiger partial charge in [-0.1, -0.05) is 70.4 Å². The van der Waals surface area contributed by atoms with Gasteiger partial charge in [-0.05, 0) is 79.4 Å². The lowest BCUT2D eigenvalue weighted by Gasteiger charge is -2.47. The van der Waals surface area contributed by atoms with Crippen molar-refractivity contribution in [2.24, 2.45) is 17.8 Å². The molecule has 0 bridgehead atoms. The zero-order chi connectivity index (χ0) is 18.5. The Morgan fingerprint density at radius 1 is 0.815 bits per heavy atom. The van der Waals surface area contributed by atoms with Gasteiger partial charge in [0.2, 0.25) is 0 Å². The first kappa shape index (κ1) is 19.3. The third-order valence-corrected chi connectivity index (χ3v) is 8.21. The summed E-state index contributed by atoms with van der Waals surface area (Å²) < 4.78 is 6.07. The maximum Gasteiger partial charge on any atom is 0.119 e. The Labute approximate surface area is 167 Å². The summed E-state index contributed by atoms with van der Waals surface area (Å²) in [4.78, 5) is 0. The van der Waals surface area contributed by atoms with Crippen LogP contribution in [0.3, 0.4) is 0 Å². The van der Waals surface area contributed by atoms with E-state index in [0.29, 0.717) is 5.41 Å². The van der Waals surface area contributed by atoms with Gasteiger partial charge in [0.1, 0.15) is 5.75 Å². The molecule has 27 heavy (non-hydrogen) atoms. The molecule has 3 aliphatic carbocycles. The molecule has 0 unspecified atom stereocenters. The van der Waals surface area contributed by atoms with Crippen molar-refractivity contribution in [1.29, 1.82) is 0 Å². The highest BCUT2D eigenvalue weighted by atomic mass is 16.5. The van der Waals surface area contributed by atoms with Crippen LogP contribution in [0.5, 0.6) is 5.75 Å². The molecule has 0 amide bonds. The van der Waals surface area contributed by atoms with Gasteiger partial charge in [0, 0.05) is 0 Å². The van der Waals surface area contributed by atoms with Crippen molar-refractivity contribution in [3.05, 3.63) is 29.8 Å². The lowest BCUT2D eigenvalue weighted by atomic mass is 9.57. The van der Waals surface area contributed by atoms with E-state index in [1.807, 2.05) is 0 Å². The first-order valence-corrected chi connectivity index (χ1v) is 12.0. The molecular weight excluding hydrogens is 328 g/mol. The molecule has 3 saturated carbocycles. The minimum Gasteiger partial charge on any atom is -0.493 e. The van der Waals surface area contributed by atoms with Crippen molar-refractivity contribution in [2.45, 2.75) is 102 Å². The van der Waals surface area contributed by atoms with Crippen LogP contribution in [0, 0.1) is 17.8 Å². The summed E-state index contributed by atoms with van der Waals surface area (Å²) in [6.45, 7) is 3.27. The van der Waals surface area contributed by atoms with Crippen LogP contribution in [0.1, 0.15) is 102 Å². The molecule has 0 saturated heterocycles. The molecule has 3 aliphatic rings. The minimum atomic E-state index is 0.460. The largest absolute Gasteiger partial charge is 0.493 e. The molecule has 0 atom stereocenters. The predicted molar refractivity (Wildman–Crippen MR) is 114 cm³/mol. The Bertz CT molecular complexity index is 556. The maximum atomic E-state index is 6.07. The molecule has 0 aliphatic heterocycles. The molecule has 3 fully saturated rings. The fraction of sp³-hybridized carbons (Fsp3) is 0.769. The molecule has 0 N–H and O–H groups in total. The molecule has 1 nitrogen and oxygen atoms in total. The standard InChI is InChI=1S/C26H40O/c1-2-7-21-10-12-23(13-11-21)26(18-4-3-5-19-26)24-14-16-25(17-15-24)27-20-22-8-6-9-22/h14-17,21-23H,2-13,18-20H2,1H3. The van der Waals surface area contributed by atoms with E-state index >= 15 is 0 Å². The van der Waals surface area contributed by atoms with Crippen molar-refractivity contribution in [2.75, 3.05) is 6.61 Å². The van der Waals surface area contributed by atoms with Gasteiger partial charge >= 0.3 is 0 Å². The second kappa shape index (κ2) is 9.01. The molecule has 0 spiro atoms. The highest BCUT2D eigenvalue weighted by Crippen LogP contribution is 2.51. The molecule has 4 rings (SSSR count). The molecule has 0 heterocycles. The number of hydrogen-bond acceptors (Lipinski definition) is 1. The van der Waals surface area contributed by atoms with Crippen LogP contribution in [0.25, 0.3) is 0 Å². The van der Waals surface area contributed by atoms with Crippen molar-refractivity contribution < 1.29 is 4.74 Å². The van der Waals surface area contributed by atoms with Crippen LogP contribution in [0.2, 0.25) is 0 Å². The Morgan fingerprint density at radius 3 is 2.11 bits per heavy atom. The summed E-state index contributed by atoms with van der Waals surface area (Å²) in [6, 6.07) is 9.40. The van der Waals surface area contributed by atoms with Crippen molar-refractivity contribution in [3.63, 3.8) is 0 Å². The van der Waals surface area contributed by atoms with Crippen LogP contribution in [0.15, 0.2) is 24.3 Å². The Morgan fingerprint density at radius 2 is 1.52 bits per heavy atom. The Kier molecular flexibility index (Phi) is 6.46. The second-order valence-corrected chi connectivity index (χ2v) is 9.86. The third kappa shape index (κ3) is 4.38. The van der Waals surface area contributed by atoms with Crippen molar-refractivity contribution in [1.82, 2.24) is 0 Å². The minimum absolute atomic E-state index is 0.460. The topological polar surface area (TPSA) is 9.23 Å². The lowest BCUT2D eigenvalue weighted by Crippen LogP contribution is -2.39. The molecule has 0 aromatic heterocycles. The fourth-order valence-corrected chi connectivity index (χ4v) is 6.28. The lowest BCUT2D eigenvalue weighted by molar-refractivity contribution is 0.124. The Balaban J connectivity index is 1.44. The van der Waals surface area contributed by atoms with Gasteiger partial charge in [0.25, 0.3) is 0 Å². The van der Waals surface area contributed by atoms with E-state index in [4.69, 9.17) is 4.74 Å². The second-order valence-electron chi connectivity index (χ2n) is 9.86. The molecule has 1 aromatic rings. The van der Waals surface area contributed by atoms with Gasteiger partial charge in [0.05, 0.1) is 6.61 Å². The van der Waals surface area contributed by atoms with Crippen LogP contribution in [0.4, 0.5) is 0 Å². The van der Waals surface area contributed by atoms with Crippen molar-refractivity contribution >= 4 is 0 Å². The SMILES string of the molecule is CCCC1CCC(C2(c3ccc(OCC4CCC4)cc3)CCCCC2)CC1. The van der Waals surface area contributed by atoms with E-state index in [2.05, 4.69) is 31.2 Å². The number of rotatable bonds is 7. The summed E-state index contributed by atoms with van der Waals surface area (Å²) >= 11 is 0. The van der Waals surface area contributed by atoms with Gasteiger partial charge in [-0.2, -0.15) is 0 Å². The first-order valence-electron chi connectivity index (χ1n) is 12.0. The van der Waals surface area contributed by atoms with Gasteiger partial charge in [0.15, 0.2) is 0 Å². The Hall–Kier alpha value is -0.980. The summed E-state index contributed by atoms with van der Waals surface area (Å²) in [5.74, 6) is 3.82. The van der Waals surface area contributed by atoms with E-state index in [-0.39, 0.29) is 0 Å². The van der Waals surface area contributed by atoms with Crippen LogP contribution < -0.4 is 4.74 Å². The maximum absolute atomic E-state index is 6.07. The average Bonchev–Trinajstić information content (AvgIpc) is 2.69. The van der Waals surface area contributed by atoms with E-state index < -0.39 is 0 Å². The summed E-state index contributed by atoms with van der Waals surface area (Å²) in [5.41, 5.74) is 2.08. The van der Waals surface area contributed by atoms with E-state index in [9.17, 15) is 0 Å². The number of hydrogen-bond donors (Lipinski definition) is 0. The van der Waals surface area contributed by atoms with E-state index in [1.165, 1.54) is 89.9 Å². The smallest absolute Gasteiger partial charge is 0.119 e. The molecular formula is C26H40O. The first-order chi connectivity index (χ1) is 13.3. The van der Waals surface area contributed by atoms with Crippen LogP contribution in [-0.2, 0) is 5.41 Å². The van der Waals surface area contributed by atoms with Crippen LogP contribution in [-0.4, -0.2) is 6.61 Å². The summed E-state index contributed by atoms with van der Waals surface area (Å²) in [6.07, 6.45) is 19.9. The molecule has 1 heteroatoms. The number of ether oxygens (including phenoxy) is 1. The zero-order valence-electron chi connectivity index (χ0n) is 17.6. The summed E-state index contributed by atoms with van der Waals surface area (Å²) in [5, 5.41) is 0. The van der Waals surface area contributed by atoms with Crippen LogP contribution >= 0.6 is 0 Å². The fourth-order valence-electron chi connectivity index (χ4n) is 6.28. The normalized spacial score (nSPS) is 28.5. The molecule has 1 aromatic carbocycles. The third-order valence-electron chi connectivity index (χ3n) is 8.21. The van der Waals surface area contributed by atoms with E-state index in [0.717, 1.165) is 30.1 Å². The quantitative estimate of drug-likeness (QED) is 0.479. The number of benzene rings is 1. The highest BCUT2D eigenvalue weighted by molar-refractivity contribution is 5.34. The van der Waals surface area contributed by atoms with Crippen molar-refractivity contribution in [3.8, 4) is 5.75 Å². The van der Waals surface area contributed by atoms with Gasteiger partial charge < -0.3 is 4.74 Å². The highest BCUT2D eigenvalue weighted by Gasteiger charge is 2.42. The van der Waals surface area contributed by atoms with Gasteiger partial charge in [-0.3, -0.25) is 0 Å². The monoisotopic (exact) mass is 368 g/mol. The summed E-state index contributed by atoms with van der Waals surface area (Å²) in [7, 11) is 0. The van der Waals surface area contributed by atoms with Gasteiger partial charge in [-0.25, -0.2) is 0 Å². The molecule has 150 valence electrons. The molecule has 0 radical (unpaired) electrons. The van der Waals surface area contributed by atoms with E-state index in [1.54, 1.807) is 5.56 Å².